The number of piperidine rings is 1. The second-order valence-electron chi connectivity index (χ2n) is 6.55. The second kappa shape index (κ2) is 9.25. The van der Waals surface area contributed by atoms with Gasteiger partial charge in [-0.2, -0.15) is 0 Å². The van der Waals surface area contributed by atoms with E-state index in [-0.39, 0.29) is 24.2 Å². The molecule has 8 heteroatoms. The third-order valence-corrected chi connectivity index (χ3v) is 4.82. The quantitative estimate of drug-likeness (QED) is 0.747. The van der Waals surface area contributed by atoms with E-state index < -0.39 is 12.0 Å². The number of hydrogen-bond donors (Lipinski definition) is 2. The molecule has 2 amide bonds. The number of carbonyl (C=O) groups is 3. The van der Waals surface area contributed by atoms with Crippen LogP contribution in [-0.4, -0.2) is 55.1 Å². The summed E-state index contributed by atoms with van der Waals surface area (Å²) in [6, 6.07) is 4.33. The first-order valence-electron chi connectivity index (χ1n) is 8.85. The van der Waals surface area contributed by atoms with Gasteiger partial charge < -0.3 is 24.8 Å². The molecule has 1 saturated heterocycles. The number of nitrogens with zero attached hydrogens (tertiary/aromatic N) is 1. The normalized spacial score (nSPS) is 15.7. The van der Waals surface area contributed by atoms with E-state index in [2.05, 4.69) is 5.32 Å². The highest BCUT2D eigenvalue weighted by Gasteiger charge is 2.29. The highest BCUT2D eigenvalue weighted by atomic mass is 16.5. The molecule has 1 heterocycles. The van der Waals surface area contributed by atoms with Crippen LogP contribution in [0.1, 0.15) is 37.8 Å². The molecule has 1 aliphatic heterocycles. The van der Waals surface area contributed by atoms with Crippen molar-refractivity contribution in [1.29, 1.82) is 0 Å². The molecule has 0 saturated carbocycles. The maximum absolute atomic E-state index is 12.7. The molecule has 0 aliphatic carbocycles. The summed E-state index contributed by atoms with van der Waals surface area (Å²) in [4.78, 5) is 37.1. The van der Waals surface area contributed by atoms with Gasteiger partial charge in [-0.15, -0.1) is 0 Å². The minimum Gasteiger partial charge on any atom is -0.497 e. The molecule has 27 heavy (non-hydrogen) atoms. The van der Waals surface area contributed by atoms with E-state index in [0.717, 1.165) is 0 Å². The zero-order valence-electron chi connectivity index (χ0n) is 15.9. The smallest absolute Gasteiger partial charge is 0.305 e. The molecule has 1 atom stereocenters. The number of aliphatic carboxylic acids is 1. The van der Waals surface area contributed by atoms with E-state index in [4.69, 9.17) is 9.47 Å². The SMILES string of the molecule is COc1ccc(C(CC(=O)O)NC(=O)C2CCN(C(C)=O)CC2)c(OC)c1. The van der Waals surface area contributed by atoms with Gasteiger partial charge in [0, 0.05) is 37.6 Å². The number of nitrogens with one attached hydrogen (secondary N) is 1. The standard InChI is InChI=1S/C19H26N2O6/c1-12(22)21-8-6-13(7-9-21)19(25)20-16(11-18(23)24)15-5-4-14(26-2)10-17(15)27-3/h4-5,10,13,16H,6-9,11H2,1-3H3,(H,20,25)(H,23,24). The van der Waals surface area contributed by atoms with Gasteiger partial charge in [-0.3, -0.25) is 14.4 Å². The van der Waals surface area contributed by atoms with Crippen LogP contribution in [0.2, 0.25) is 0 Å². The average molecular weight is 378 g/mol. The van der Waals surface area contributed by atoms with Crippen LogP contribution >= 0.6 is 0 Å². The number of ether oxygens (including phenoxy) is 2. The van der Waals surface area contributed by atoms with Crippen molar-refractivity contribution in [1.82, 2.24) is 10.2 Å². The highest BCUT2D eigenvalue weighted by molar-refractivity contribution is 5.81. The third-order valence-electron chi connectivity index (χ3n) is 4.82. The largest absolute Gasteiger partial charge is 0.497 e. The van der Waals surface area contributed by atoms with E-state index in [9.17, 15) is 19.5 Å². The summed E-state index contributed by atoms with van der Waals surface area (Å²) in [5, 5.41) is 12.1. The van der Waals surface area contributed by atoms with E-state index in [1.807, 2.05) is 0 Å². The Morgan fingerprint density at radius 3 is 2.41 bits per heavy atom. The van der Waals surface area contributed by atoms with E-state index in [0.29, 0.717) is 43.0 Å². The lowest BCUT2D eigenvalue weighted by molar-refractivity contribution is -0.138. The Kier molecular flexibility index (Phi) is 7.04. The Morgan fingerprint density at radius 2 is 1.89 bits per heavy atom. The zero-order chi connectivity index (χ0) is 20.0. The van der Waals surface area contributed by atoms with Crippen LogP contribution < -0.4 is 14.8 Å². The fraction of sp³-hybridized carbons (Fsp3) is 0.526. The van der Waals surface area contributed by atoms with Crippen LogP contribution in [0.4, 0.5) is 0 Å². The van der Waals surface area contributed by atoms with Crippen LogP contribution in [0.3, 0.4) is 0 Å². The van der Waals surface area contributed by atoms with E-state index >= 15 is 0 Å². The van der Waals surface area contributed by atoms with Crippen molar-refractivity contribution in [3.05, 3.63) is 23.8 Å². The van der Waals surface area contributed by atoms with Gasteiger partial charge in [-0.25, -0.2) is 0 Å². The van der Waals surface area contributed by atoms with Crippen molar-refractivity contribution >= 4 is 17.8 Å². The molecule has 0 radical (unpaired) electrons. The number of carboxylic acids is 1. The molecule has 0 spiro atoms. The first kappa shape index (κ1) is 20.5. The summed E-state index contributed by atoms with van der Waals surface area (Å²) >= 11 is 0. The number of carbonyl (C=O) groups excluding carboxylic acids is 2. The molecule has 1 fully saturated rings. The molecule has 2 rings (SSSR count). The molecule has 1 unspecified atom stereocenters. The lowest BCUT2D eigenvalue weighted by Crippen LogP contribution is -2.43. The van der Waals surface area contributed by atoms with Crippen LogP contribution in [-0.2, 0) is 14.4 Å². The monoisotopic (exact) mass is 378 g/mol. The number of carboxylic acid groups (broad SMARTS) is 1. The van der Waals surface area contributed by atoms with Gasteiger partial charge in [0.25, 0.3) is 0 Å². The number of benzene rings is 1. The molecule has 1 aliphatic rings. The predicted octanol–water partition coefficient (Wildman–Crippen LogP) is 1.59. The van der Waals surface area contributed by atoms with Crippen molar-refractivity contribution in [3.8, 4) is 11.5 Å². The fourth-order valence-electron chi connectivity index (χ4n) is 3.27. The molecule has 0 bridgehead atoms. The lowest BCUT2D eigenvalue weighted by Gasteiger charge is -2.31. The summed E-state index contributed by atoms with van der Waals surface area (Å²) in [7, 11) is 3.01. The van der Waals surface area contributed by atoms with Gasteiger partial charge in [-0.05, 0) is 25.0 Å². The maximum atomic E-state index is 12.7. The van der Waals surface area contributed by atoms with Gasteiger partial charge in [0.05, 0.1) is 26.7 Å². The summed E-state index contributed by atoms with van der Waals surface area (Å²) in [5.41, 5.74) is 0.579. The van der Waals surface area contributed by atoms with Crippen molar-refractivity contribution in [2.45, 2.75) is 32.2 Å². The maximum Gasteiger partial charge on any atom is 0.305 e. The van der Waals surface area contributed by atoms with Crippen LogP contribution in [0.25, 0.3) is 0 Å². The number of hydrogen-bond acceptors (Lipinski definition) is 5. The first-order chi connectivity index (χ1) is 12.8. The predicted molar refractivity (Wildman–Crippen MR) is 97.7 cm³/mol. The molecule has 8 nitrogen and oxygen atoms in total. The summed E-state index contributed by atoms with van der Waals surface area (Å²) < 4.78 is 10.5. The Bertz CT molecular complexity index is 697. The Labute approximate surface area is 158 Å². The molecule has 1 aromatic rings. The van der Waals surface area contributed by atoms with Crippen molar-refractivity contribution in [3.63, 3.8) is 0 Å². The fourth-order valence-corrected chi connectivity index (χ4v) is 3.27. The van der Waals surface area contributed by atoms with Gasteiger partial charge in [0.15, 0.2) is 0 Å². The number of rotatable bonds is 7. The summed E-state index contributed by atoms with van der Waals surface area (Å²) in [6.45, 7) is 2.57. The van der Waals surface area contributed by atoms with E-state index in [1.54, 1.807) is 23.1 Å². The highest BCUT2D eigenvalue weighted by Crippen LogP contribution is 2.32. The molecule has 2 N–H and O–H groups in total. The lowest BCUT2D eigenvalue weighted by atomic mass is 9.94. The number of methoxy groups -OCH3 is 2. The molecule has 0 aromatic heterocycles. The Hall–Kier alpha value is -2.77. The summed E-state index contributed by atoms with van der Waals surface area (Å²) in [5.74, 6) is -0.450. The minimum atomic E-state index is -1.02. The van der Waals surface area contributed by atoms with Crippen LogP contribution in [0.5, 0.6) is 11.5 Å². The second-order valence-corrected chi connectivity index (χ2v) is 6.55. The summed E-state index contributed by atoms with van der Waals surface area (Å²) in [6.07, 6.45) is 0.858. The molecular weight excluding hydrogens is 352 g/mol. The van der Waals surface area contributed by atoms with Crippen LogP contribution in [0.15, 0.2) is 18.2 Å². The third kappa shape index (κ3) is 5.35. The van der Waals surface area contributed by atoms with Gasteiger partial charge >= 0.3 is 5.97 Å². The average Bonchev–Trinajstić information content (AvgIpc) is 2.66. The van der Waals surface area contributed by atoms with Crippen LogP contribution in [0, 0.1) is 5.92 Å². The first-order valence-corrected chi connectivity index (χ1v) is 8.85. The zero-order valence-corrected chi connectivity index (χ0v) is 15.9. The van der Waals surface area contributed by atoms with Crippen molar-refractivity contribution in [2.75, 3.05) is 27.3 Å². The van der Waals surface area contributed by atoms with E-state index in [1.165, 1.54) is 21.1 Å². The van der Waals surface area contributed by atoms with Gasteiger partial charge in [0.1, 0.15) is 11.5 Å². The van der Waals surface area contributed by atoms with Gasteiger partial charge in [0.2, 0.25) is 11.8 Å². The van der Waals surface area contributed by atoms with Gasteiger partial charge in [-0.1, -0.05) is 0 Å². The molecular formula is C19H26N2O6. The minimum absolute atomic E-state index is 0.000538. The Morgan fingerprint density at radius 1 is 1.22 bits per heavy atom. The van der Waals surface area contributed by atoms with Crippen molar-refractivity contribution < 1.29 is 29.0 Å². The molecule has 1 aromatic carbocycles. The Balaban J connectivity index is 2.14. The number of likely N-dealkylation sites (tertiary alicyclic amines) is 1. The van der Waals surface area contributed by atoms with Crippen molar-refractivity contribution in [2.24, 2.45) is 5.92 Å². The topological polar surface area (TPSA) is 105 Å². The molecule has 148 valence electrons. The number of amides is 2.